The first-order valence-corrected chi connectivity index (χ1v) is 7.23. The summed E-state index contributed by atoms with van der Waals surface area (Å²) in [4.78, 5) is 0. The normalized spacial score (nSPS) is 12.5. The van der Waals surface area contributed by atoms with E-state index in [4.69, 9.17) is 0 Å². The zero-order valence-electron chi connectivity index (χ0n) is 12.7. The van der Waals surface area contributed by atoms with Crippen LogP contribution in [0.1, 0.15) is 30.9 Å². The third kappa shape index (κ3) is 3.81. The Labute approximate surface area is 125 Å². The summed E-state index contributed by atoms with van der Waals surface area (Å²) in [5.41, 5.74) is 1.74. The molecular formula is C18H21F2N. The summed E-state index contributed by atoms with van der Waals surface area (Å²) >= 11 is 0. The topological polar surface area (TPSA) is 12.0 Å². The molecular weight excluding hydrogens is 268 g/mol. The van der Waals surface area contributed by atoms with Gasteiger partial charge in [0.1, 0.15) is 11.6 Å². The average molecular weight is 289 g/mol. The van der Waals surface area contributed by atoms with Gasteiger partial charge in [-0.3, -0.25) is 0 Å². The predicted molar refractivity (Wildman–Crippen MR) is 83.6 cm³/mol. The lowest BCUT2D eigenvalue weighted by Gasteiger charge is -2.22. The number of nitrogens with one attached hydrogen (secondary N) is 1. The average Bonchev–Trinajstić information content (AvgIpc) is 2.45. The number of anilines is 1. The van der Waals surface area contributed by atoms with Gasteiger partial charge in [-0.15, -0.1) is 0 Å². The summed E-state index contributed by atoms with van der Waals surface area (Å²) in [6, 6.07) is 12.6. The zero-order chi connectivity index (χ0) is 15.4. The van der Waals surface area contributed by atoms with Crippen LogP contribution in [0.2, 0.25) is 0 Å². The lowest BCUT2D eigenvalue weighted by molar-refractivity contribution is 0.514. The van der Waals surface area contributed by atoms with Crippen molar-refractivity contribution < 1.29 is 8.78 Å². The van der Waals surface area contributed by atoms with E-state index in [1.807, 2.05) is 18.2 Å². The third-order valence-corrected chi connectivity index (χ3v) is 3.79. The lowest BCUT2D eigenvalue weighted by Crippen LogP contribution is -2.18. The first-order valence-electron chi connectivity index (χ1n) is 7.23. The van der Waals surface area contributed by atoms with Crippen LogP contribution in [0.5, 0.6) is 0 Å². The molecule has 0 spiro atoms. The Morgan fingerprint density at radius 2 is 1.67 bits per heavy atom. The molecule has 0 amide bonds. The van der Waals surface area contributed by atoms with E-state index in [9.17, 15) is 8.78 Å². The van der Waals surface area contributed by atoms with Gasteiger partial charge in [0.15, 0.2) is 0 Å². The van der Waals surface area contributed by atoms with Crippen LogP contribution in [0.3, 0.4) is 0 Å². The van der Waals surface area contributed by atoms with E-state index < -0.39 is 5.82 Å². The fourth-order valence-corrected chi connectivity index (χ4v) is 2.44. The summed E-state index contributed by atoms with van der Waals surface area (Å²) in [5, 5.41) is 3.05. The Bertz CT molecular complexity index is 594. The van der Waals surface area contributed by atoms with E-state index in [2.05, 4.69) is 31.3 Å². The van der Waals surface area contributed by atoms with Crippen molar-refractivity contribution in [2.24, 2.45) is 5.92 Å². The van der Waals surface area contributed by atoms with E-state index in [0.717, 1.165) is 0 Å². The molecule has 1 atom stereocenters. The minimum absolute atomic E-state index is 0.222. The van der Waals surface area contributed by atoms with Crippen LogP contribution < -0.4 is 5.32 Å². The van der Waals surface area contributed by atoms with Crippen LogP contribution in [0.15, 0.2) is 42.5 Å². The number of hydrogen-bond donors (Lipinski definition) is 1. The maximum Gasteiger partial charge on any atom is 0.146 e. The monoisotopic (exact) mass is 289 g/mol. The molecule has 3 heteroatoms. The van der Waals surface area contributed by atoms with Crippen molar-refractivity contribution in [2.75, 3.05) is 11.9 Å². The number of halogens is 2. The van der Waals surface area contributed by atoms with Gasteiger partial charge in [0, 0.05) is 18.5 Å². The molecule has 1 nitrogen and oxygen atoms in total. The molecule has 2 aromatic carbocycles. The van der Waals surface area contributed by atoms with Crippen LogP contribution in [0.4, 0.5) is 14.5 Å². The molecule has 0 aliphatic carbocycles. The molecule has 0 radical (unpaired) electrons. The summed E-state index contributed by atoms with van der Waals surface area (Å²) in [6.07, 6.45) is 0. The first-order chi connectivity index (χ1) is 9.99. The molecule has 0 heterocycles. The molecule has 0 aliphatic heterocycles. The molecule has 2 aromatic rings. The van der Waals surface area contributed by atoms with Crippen molar-refractivity contribution in [3.8, 4) is 0 Å². The minimum Gasteiger partial charge on any atom is -0.382 e. The summed E-state index contributed by atoms with van der Waals surface area (Å²) in [6.45, 7) is 6.39. The fourth-order valence-electron chi connectivity index (χ4n) is 2.44. The molecule has 0 aromatic heterocycles. The molecule has 0 aliphatic rings. The van der Waals surface area contributed by atoms with Gasteiger partial charge in [-0.2, -0.15) is 0 Å². The summed E-state index contributed by atoms with van der Waals surface area (Å²) < 4.78 is 27.4. The molecule has 0 saturated carbocycles. The van der Waals surface area contributed by atoms with Gasteiger partial charge in [-0.1, -0.05) is 44.2 Å². The van der Waals surface area contributed by atoms with Gasteiger partial charge >= 0.3 is 0 Å². The third-order valence-electron chi connectivity index (χ3n) is 3.79. The van der Waals surface area contributed by atoms with Crippen molar-refractivity contribution in [2.45, 2.75) is 26.7 Å². The van der Waals surface area contributed by atoms with E-state index in [1.54, 1.807) is 6.92 Å². The highest BCUT2D eigenvalue weighted by Crippen LogP contribution is 2.26. The minimum atomic E-state index is -0.413. The van der Waals surface area contributed by atoms with E-state index >= 15 is 0 Å². The fraction of sp³-hybridized carbons (Fsp3) is 0.333. The molecule has 0 bridgehead atoms. The number of hydrogen-bond acceptors (Lipinski definition) is 1. The Balaban J connectivity index is 2.15. The SMILES string of the molecule is Cc1cc(F)c(NCC(c2ccccc2)C(C)C)cc1F. The highest BCUT2D eigenvalue weighted by Gasteiger charge is 2.16. The summed E-state index contributed by atoms with van der Waals surface area (Å²) in [7, 11) is 0. The quantitative estimate of drug-likeness (QED) is 0.805. The Hall–Kier alpha value is -1.90. The lowest BCUT2D eigenvalue weighted by atomic mass is 9.88. The highest BCUT2D eigenvalue weighted by atomic mass is 19.1. The Morgan fingerprint density at radius 3 is 2.29 bits per heavy atom. The molecule has 2 rings (SSSR count). The van der Waals surface area contributed by atoms with Crippen LogP contribution in [-0.2, 0) is 0 Å². The van der Waals surface area contributed by atoms with E-state index in [0.29, 0.717) is 18.0 Å². The van der Waals surface area contributed by atoms with E-state index in [-0.39, 0.29) is 17.4 Å². The van der Waals surface area contributed by atoms with Crippen molar-refractivity contribution >= 4 is 5.69 Å². The van der Waals surface area contributed by atoms with Gasteiger partial charge in [0.2, 0.25) is 0 Å². The zero-order valence-corrected chi connectivity index (χ0v) is 12.7. The maximum atomic E-state index is 13.9. The second-order valence-corrected chi connectivity index (χ2v) is 5.72. The predicted octanol–water partition coefficient (Wildman–Crippen LogP) is 5.12. The highest BCUT2D eigenvalue weighted by molar-refractivity contribution is 5.47. The standard InChI is InChI=1S/C18H21F2N/c1-12(2)15(14-7-5-4-6-8-14)11-21-18-10-16(19)13(3)9-17(18)20/h4-10,12,15,21H,11H2,1-3H3. The van der Waals surface area contributed by atoms with Crippen LogP contribution in [-0.4, -0.2) is 6.54 Å². The largest absolute Gasteiger partial charge is 0.382 e. The second kappa shape index (κ2) is 6.70. The van der Waals surface area contributed by atoms with Crippen LogP contribution in [0, 0.1) is 24.5 Å². The maximum absolute atomic E-state index is 13.9. The van der Waals surface area contributed by atoms with Gasteiger partial charge in [0.25, 0.3) is 0 Å². The van der Waals surface area contributed by atoms with E-state index in [1.165, 1.54) is 17.7 Å². The Kier molecular flexibility index (Phi) is 4.94. The van der Waals surface area contributed by atoms with Crippen LogP contribution in [0.25, 0.3) is 0 Å². The van der Waals surface area contributed by atoms with Gasteiger partial charge in [-0.05, 0) is 30.0 Å². The number of aryl methyl sites for hydroxylation is 1. The van der Waals surface area contributed by atoms with Gasteiger partial charge < -0.3 is 5.32 Å². The Morgan fingerprint density at radius 1 is 1.00 bits per heavy atom. The van der Waals surface area contributed by atoms with Gasteiger partial charge in [-0.25, -0.2) is 8.78 Å². The molecule has 1 unspecified atom stereocenters. The van der Waals surface area contributed by atoms with Gasteiger partial charge in [0.05, 0.1) is 5.69 Å². The van der Waals surface area contributed by atoms with Crippen molar-refractivity contribution in [1.82, 2.24) is 0 Å². The van der Waals surface area contributed by atoms with Crippen molar-refractivity contribution in [1.29, 1.82) is 0 Å². The first kappa shape index (κ1) is 15.5. The summed E-state index contributed by atoms with van der Waals surface area (Å²) in [5.74, 6) is -0.155. The molecule has 0 saturated heterocycles. The molecule has 0 fully saturated rings. The number of benzene rings is 2. The number of rotatable bonds is 5. The van der Waals surface area contributed by atoms with Crippen molar-refractivity contribution in [3.63, 3.8) is 0 Å². The molecule has 21 heavy (non-hydrogen) atoms. The second-order valence-electron chi connectivity index (χ2n) is 5.72. The van der Waals surface area contributed by atoms with Crippen molar-refractivity contribution in [3.05, 3.63) is 65.2 Å². The molecule has 112 valence electrons. The smallest absolute Gasteiger partial charge is 0.146 e. The van der Waals surface area contributed by atoms with Crippen LogP contribution >= 0.6 is 0 Å². The molecule has 1 N–H and O–H groups in total.